The van der Waals surface area contributed by atoms with Crippen molar-refractivity contribution in [3.05, 3.63) is 0 Å². The van der Waals surface area contributed by atoms with Crippen molar-refractivity contribution in [3.8, 4) is 0 Å². The zero-order valence-corrected chi connectivity index (χ0v) is 11.3. The fraction of sp³-hybridized carbons (Fsp3) is 0.917. The molecule has 1 unspecified atom stereocenters. The molecule has 0 aliphatic carbocycles. The molecule has 4 nitrogen and oxygen atoms in total. The number of likely N-dealkylation sites (N-methyl/N-ethyl adjacent to an activating group) is 1. The van der Waals surface area contributed by atoms with E-state index in [0.29, 0.717) is 25.9 Å². The highest BCUT2D eigenvalue weighted by Crippen LogP contribution is 2.21. The van der Waals surface area contributed by atoms with Crippen LogP contribution in [0.4, 0.5) is 13.2 Å². The number of carbonyl (C=O) groups is 1. The summed E-state index contributed by atoms with van der Waals surface area (Å²) in [6.45, 7) is 2.04. The van der Waals surface area contributed by atoms with E-state index < -0.39 is 24.1 Å². The second-order valence-electron chi connectivity index (χ2n) is 4.68. The van der Waals surface area contributed by atoms with Gasteiger partial charge in [0.2, 0.25) is 0 Å². The molecule has 0 bridgehead atoms. The largest absolute Gasteiger partial charge is 0.480 e. The van der Waals surface area contributed by atoms with Crippen molar-refractivity contribution < 1.29 is 27.8 Å². The van der Waals surface area contributed by atoms with Crippen molar-refractivity contribution in [1.82, 2.24) is 5.32 Å². The Labute approximate surface area is 111 Å². The number of carboxylic acids is 1. The van der Waals surface area contributed by atoms with Gasteiger partial charge in [-0.15, -0.1) is 0 Å². The monoisotopic (exact) mass is 285 g/mol. The smallest absolute Gasteiger partial charge is 0.389 e. The summed E-state index contributed by atoms with van der Waals surface area (Å²) in [4.78, 5) is 11.0. The lowest BCUT2D eigenvalue weighted by Gasteiger charge is -2.23. The van der Waals surface area contributed by atoms with E-state index in [1.807, 2.05) is 0 Å². The number of carboxylic acid groups (broad SMARTS) is 1. The van der Waals surface area contributed by atoms with Gasteiger partial charge in [-0.3, -0.25) is 4.79 Å². The predicted octanol–water partition coefficient (Wildman–Crippen LogP) is 2.58. The van der Waals surface area contributed by atoms with Gasteiger partial charge in [0.05, 0.1) is 0 Å². The van der Waals surface area contributed by atoms with E-state index in [1.165, 1.54) is 0 Å². The fourth-order valence-corrected chi connectivity index (χ4v) is 1.50. The van der Waals surface area contributed by atoms with E-state index in [1.54, 1.807) is 14.0 Å². The molecular weight excluding hydrogens is 263 g/mol. The number of aliphatic carboxylic acids is 1. The number of ether oxygens (including phenoxy) is 1. The maximum atomic E-state index is 11.8. The molecule has 0 saturated heterocycles. The molecule has 7 heteroatoms. The molecule has 0 aromatic heterocycles. The van der Waals surface area contributed by atoms with Crippen molar-refractivity contribution in [3.63, 3.8) is 0 Å². The summed E-state index contributed by atoms with van der Waals surface area (Å²) < 4.78 is 40.5. The first kappa shape index (κ1) is 18.2. The topological polar surface area (TPSA) is 58.6 Å². The van der Waals surface area contributed by atoms with Gasteiger partial charge in [0.25, 0.3) is 0 Å². The Balaban J connectivity index is 3.53. The summed E-state index contributed by atoms with van der Waals surface area (Å²) in [6.07, 6.45) is -3.26. The van der Waals surface area contributed by atoms with Crippen LogP contribution >= 0.6 is 0 Å². The Morgan fingerprint density at radius 2 is 1.74 bits per heavy atom. The first-order valence-corrected chi connectivity index (χ1v) is 6.28. The highest BCUT2D eigenvalue weighted by molar-refractivity contribution is 5.78. The third-order valence-corrected chi connectivity index (χ3v) is 2.99. The van der Waals surface area contributed by atoms with Gasteiger partial charge >= 0.3 is 12.1 Å². The SMILES string of the molecule is CNC(C)(CCCCOCCCC(F)(F)F)C(=O)O. The normalized spacial score (nSPS) is 15.2. The molecule has 0 aliphatic rings. The average molecular weight is 285 g/mol. The van der Waals surface area contributed by atoms with E-state index in [9.17, 15) is 18.0 Å². The number of rotatable bonds is 10. The molecule has 114 valence electrons. The summed E-state index contributed by atoms with van der Waals surface area (Å²) in [5, 5.41) is 11.7. The molecule has 0 aromatic carbocycles. The highest BCUT2D eigenvalue weighted by atomic mass is 19.4. The number of hydrogen-bond acceptors (Lipinski definition) is 3. The van der Waals surface area contributed by atoms with E-state index in [4.69, 9.17) is 9.84 Å². The van der Waals surface area contributed by atoms with Gasteiger partial charge in [0.1, 0.15) is 5.54 Å². The third kappa shape index (κ3) is 8.83. The number of alkyl halides is 3. The molecule has 0 amide bonds. The Morgan fingerprint density at radius 1 is 1.16 bits per heavy atom. The Kier molecular flexibility index (Phi) is 8.01. The summed E-state index contributed by atoms with van der Waals surface area (Å²) in [5.74, 6) is -0.916. The van der Waals surface area contributed by atoms with Crippen LogP contribution in [0.3, 0.4) is 0 Å². The van der Waals surface area contributed by atoms with Gasteiger partial charge in [0.15, 0.2) is 0 Å². The van der Waals surface area contributed by atoms with Crippen LogP contribution in [-0.2, 0) is 9.53 Å². The highest BCUT2D eigenvalue weighted by Gasteiger charge is 2.30. The minimum absolute atomic E-state index is 0.0349. The van der Waals surface area contributed by atoms with Crippen LogP contribution in [0, 0.1) is 0 Å². The third-order valence-electron chi connectivity index (χ3n) is 2.99. The van der Waals surface area contributed by atoms with Crippen LogP contribution in [0.25, 0.3) is 0 Å². The molecule has 0 saturated carbocycles. The first-order chi connectivity index (χ1) is 8.71. The molecule has 19 heavy (non-hydrogen) atoms. The van der Waals surface area contributed by atoms with Crippen LogP contribution in [0.1, 0.15) is 39.0 Å². The van der Waals surface area contributed by atoms with Gasteiger partial charge in [-0.05, 0) is 39.7 Å². The minimum atomic E-state index is -4.13. The number of halogens is 3. The summed E-state index contributed by atoms with van der Waals surface area (Å²) in [6, 6.07) is 0. The number of nitrogens with one attached hydrogen (secondary N) is 1. The number of hydrogen-bond donors (Lipinski definition) is 2. The molecule has 0 fully saturated rings. The molecule has 0 rings (SSSR count). The van der Waals surface area contributed by atoms with E-state index in [2.05, 4.69) is 5.32 Å². The van der Waals surface area contributed by atoms with Crippen LogP contribution in [0.5, 0.6) is 0 Å². The quantitative estimate of drug-likeness (QED) is 0.606. The molecule has 1 atom stereocenters. The summed E-state index contributed by atoms with van der Waals surface area (Å²) >= 11 is 0. The van der Waals surface area contributed by atoms with Gasteiger partial charge < -0.3 is 15.2 Å². The zero-order valence-electron chi connectivity index (χ0n) is 11.3. The van der Waals surface area contributed by atoms with Crippen molar-refractivity contribution in [2.24, 2.45) is 0 Å². The maximum absolute atomic E-state index is 11.8. The summed E-state index contributed by atoms with van der Waals surface area (Å²) in [5.41, 5.74) is -0.962. The Bertz CT molecular complexity index is 271. The van der Waals surface area contributed by atoms with E-state index >= 15 is 0 Å². The van der Waals surface area contributed by atoms with E-state index in [0.717, 1.165) is 0 Å². The molecule has 0 heterocycles. The van der Waals surface area contributed by atoms with Crippen molar-refractivity contribution in [2.45, 2.75) is 50.7 Å². The van der Waals surface area contributed by atoms with Crippen molar-refractivity contribution in [2.75, 3.05) is 20.3 Å². The van der Waals surface area contributed by atoms with Gasteiger partial charge in [0, 0.05) is 19.6 Å². The molecule has 0 aromatic rings. The van der Waals surface area contributed by atoms with Crippen LogP contribution < -0.4 is 5.32 Å². The lowest BCUT2D eigenvalue weighted by atomic mass is 9.95. The van der Waals surface area contributed by atoms with Crippen LogP contribution in [-0.4, -0.2) is 43.1 Å². The molecule has 2 N–H and O–H groups in total. The van der Waals surface area contributed by atoms with Gasteiger partial charge in [-0.2, -0.15) is 13.2 Å². The van der Waals surface area contributed by atoms with Gasteiger partial charge in [-0.1, -0.05) is 0 Å². The minimum Gasteiger partial charge on any atom is -0.480 e. The lowest BCUT2D eigenvalue weighted by Crippen LogP contribution is -2.47. The first-order valence-electron chi connectivity index (χ1n) is 6.28. The number of unbranched alkanes of at least 4 members (excludes halogenated alkanes) is 1. The second-order valence-corrected chi connectivity index (χ2v) is 4.68. The van der Waals surface area contributed by atoms with Crippen molar-refractivity contribution >= 4 is 5.97 Å². The lowest BCUT2D eigenvalue weighted by molar-refractivity contribution is -0.144. The predicted molar refractivity (Wildman–Crippen MR) is 65.1 cm³/mol. The average Bonchev–Trinajstić information content (AvgIpc) is 2.30. The Morgan fingerprint density at radius 3 is 2.21 bits per heavy atom. The fourth-order valence-electron chi connectivity index (χ4n) is 1.50. The maximum Gasteiger partial charge on any atom is 0.389 e. The molecule has 0 aliphatic heterocycles. The molecule has 0 spiro atoms. The molecule has 0 radical (unpaired) electrons. The molecular formula is C12H22F3NO3. The second kappa shape index (κ2) is 8.37. The van der Waals surface area contributed by atoms with E-state index in [-0.39, 0.29) is 13.0 Å². The summed E-state index contributed by atoms with van der Waals surface area (Å²) in [7, 11) is 1.59. The Hall–Kier alpha value is -0.820. The van der Waals surface area contributed by atoms with Crippen LogP contribution in [0.15, 0.2) is 0 Å². The van der Waals surface area contributed by atoms with Crippen molar-refractivity contribution in [1.29, 1.82) is 0 Å². The zero-order chi connectivity index (χ0) is 14.9. The standard InChI is InChI=1S/C12H22F3NO3/c1-11(16-2,10(17)18)6-3-4-8-19-9-5-7-12(13,14)15/h16H,3-9H2,1-2H3,(H,17,18). The van der Waals surface area contributed by atoms with Crippen LogP contribution in [0.2, 0.25) is 0 Å². The van der Waals surface area contributed by atoms with Gasteiger partial charge in [-0.25, -0.2) is 0 Å².